The SMILES string of the molecule is C=C(C)C(=O)OCCOC(=O)CCC(=O)O. The minimum atomic E-state index is -1.06. The number of ether oxygens (including phenoxy) is 2. The lowest BCUT2D eigenvalue weighted by atomic mass is 10.3. The maximum Gasteiger partial charge on any atom is 0.333 e. The van der Waals surface area contributed by atoms with E-state index in [4.69, 9.17) is 5.11 Å². The Bertz CT molecular complexity index is 294. The van der Waals surface area contributed by atoms with Crippen LogP contribution in [0.15, 0.2) is 12.2 Å². The Balaban J connectivity index is 3.52. The van der Waals surface area contributed by atoms with Gasteiger partial charge in [0.05, 0.1) is 12.8 Å². The van der Waals surface area contributed by atoms with Crippen LogP contribution in [0.25, 0.3) is 0 Å². The Labute approximate surface area is 92.8 Å². The largest absolute Gasteiger partial charge is 0.481 e. The summed E-state index contributed by atoms with van der Waals surface area (Å²) in [4.78, 5) is 31.9. The molecule has 0 aliphatic heterocycles. The van der Waals surface area contributed by atoms with Crippen molar-refractivity contribution in [1.82, 2.24) is 0 Å². The standard InChI is InChI=1S/C10H14O6/c1-7(2)10(14)16-6-5-15-9(13)4-3-8(11)12/h1,3-6H2,2H3,(H,11,12). The molecule has 0 atom stereocenters. The number of carboxylic acids is 1. The fourth-order valence-corrected chi connectivity index (χ4v) is 0.694. The molecular weight excluding hydrogens is 216 g/mol. The van der Waals surface area contributed by atoms with Crippen molar-refractivity contribution in [2.75, 3.05) is 13.2 Å². The number of hydrogen-bond donors (Lipinski definition) is 1. The van der Waals surface area contributed by atoms with Crippen LogP contribution in [0.4, 0.5) is 0 Å². The van der Waals surface area contributed by atoms with Gasteiger partial charge in [-0.1, -0.05) is 6.58 Å². The van der Waals surface area contributed by atoms with Gasteiger partial charge in [0.1, 0.15) is 13.2 Å². The van der Waals surface area contributed by atoms with Gasteiger partial charge in [0.25, 0.3) is 0 Å². The quantitative estimate of drug-likeness (QED) is 0.389. The zero-order valence-corrected chi connectivity index (χ0v) is 9.02. The van der Waals surface area contributed by atoms with Crippen LogP contribution in [-0.4, -0.2) is 36.2 Å². The second-order valence-corrected chi connectivity index (χ2v) is 3.03. The van der Waals surface area contributed by atoms with Crippen molar-refractivity contribution < 1.29 is 29.0 Å². The van der Waals surface area contributed by atoms with Crippen LogP contribution in [0.2, 0.25) is 0 Å². The molecule has 0 aromatic carbocycles. The Morgan fingerprint density at radius 2 is 1.69 bits per heavy atom. The summed E-state index contributed by atoms with van der Waals surface area (Å²) < 4.78 is 9.26. The van der Waals surface area contributed by atoms with Gasteiger partial charge in [-0.25, -0.2) is 4.79 Å². The molecular formula is C10H14O6. The van der Waals surface area contributed by atoms with Crippen molar-refractivity contribution >= 4 is 17.9 Å². The van der Waals surface area contributed by atoms with E-state index in [-0.39, 0.29) is 31.6 Å². The van der Waals surface area contributed by atoms with Crippen LogP contribution >= 0.6 is 0 Å². The highest BCUT2D eigenvalue weighted by Crippen LogP contribution is 1.94. The van der Waals surface area contributed by atoms with E-state index in [9.17, 15) is 14.4 Å². The van der Waals surface area contributed by atoms with E-state index in [0.717, 1.165) is 0 Å². The van der Waals surface area contributed by atoms with Crippen molar-refractivity contribution in [3.63, 3.8) is 0 Å². The van der Waals surface area contributed by atoms with Gasteiger partial charge in [0, 0.05) is 5.57 Å². The number of carbonyl (C=O) groups is 3. The zero-order valence-electron chi connectivity index (χ0n) is 9.02. The maximum absolute atomic E-state index is 10.9. The lowest BCUT2D eigenvalue weighted by Crippen LogP contribution is -2.14. The molecule has 0 saturated heterocycles. The molecule has 0 aliphatic carbocycles. The van der Waals surface area contributed by atoms with Gasteiger partial charge < -0.3 is 14.6 Å². The van der Waals surface area contributed by atoms with Crippen molar-refractivity contribution in [2.24, 2.45) is 0 Å². The van der Waals surface area contributed by atoms with Crippen LogP contribution in [0, 0.1) is 0 Å². The molecule has 0 bridgehead atoms. The van der Waals surface area contributed by atoms with Crippen LogP contribution in [-0.2, 0) is 23.9 Å². The van der Waals surface area contributed by atoms with E-state index < -0.39 is 17.9 Å². The van der Waals surface area contributed by atoms with Gasteiger partial charge >= 0.3 is 17.9 Å². The average molecular weight is 230 g/mol. The second-order valence-electron chi connectivity index (χ2n) is 3.03. The van der Waals surface area contributed by atoms with Crippen LogP contribution < -0.4 is 0 Å². The summed E-state index contributed by atoms with van der Waals surface area (Å²) in [6.45, 7) is 4.72. The molecule has 0 aliphatic rings. The number of aliphatic carboxylic acids is 1. The molecule has 6 nitrogen and oxygen atoms in total. The van der Waals surface area contributed by atoms with E-state index in [1.165, 1.54) is 6.92 Å². The van der Waals surface area contributed by atoms with Crippen molar-refractivity contribution in [2.45, 2.75) is 19.8 Å². The first-order valence-corrected chi connectivity index (χ1v) is 4.63. The van der Waals surface area contributed by atoms with Crippen molar-refractivity contribution in [3.05, 3.63) is 12.2 Å². The average Bonchev–Trinajstić information content (AvgIpc) is 2.20. The third-order valence-electron chi connectivity index (χ3n) is 1.47. The van der Waals surface area contributed by atoms with E-state index >= 15 is 0 Å². The van der Waals surface area contributed by atoms with Crippen molar-refractivity contribution in [1.29, 1.82) is 0 Å². The molecule has 0 spiro atoms. The Hall–Kier alpha value is -1.85. The molecule has 1 N–H and O–H groups in total. The molecule has 0 radical (unpaired) electrons. The predicted molar refractivity (Wildman–Crippen MR) is 53.6 cm³/mol. The fraction of sp³-hybridized carbons (Fsp3) is 0.500. The van der Waals surface area contributed by atoms with Crippen molar-refractivity contribution in [3.8, 4) is 0 Å². The zero-order chi connectivity index (χ0) is 12.6. The molecule has 0 saturated carbocycles. The van der Waals surface area contributed by atoms with Crippen LogP contribution in [0.1, 0.15) is 19.8 Å². The van der Waals surface area contributed by atoms with Gasteiger partial charge in [-0.05, 0) is 6.92 Å². The van der Waals surface area contributed by atoms with E-state index in [1.54, 1.807) is 0 Å². The first kappa shape index (κ1) is 14.2. The summed E-state index contributed by atoms with van der Waals surface area (Å²) in [5, 5.41) is 8.28. The number of carbonyl (C=O) groups excluding carboxylic acids is 2. The van der Waals surface area contributed by atoms with Crippen LogP contribution in [0.5, 0.6) is 0 Å². The molecule has 0 fully saturated rings. The first-order chi connectivity index (χ1) is 7.43. The fourth-order valence-electron chi connectivity index (χ4n) is 0.694. The lowest BCUT2D eigenvalue weighted by molar-refractivity contribution is -0.151. The van der Waals surface area contributed by atoms with Gasteiger partial charge in [0.2, 0.25) is 0 Å². The minimum Gasteiger partial charge on any atom is -0.481 e. The number of carboxylic acid groups (broad SMARTS) is 1. The Morgan fingerprint density at radius 3 is 2.19 bits per heavy atom. The summed E-state index contributed by atoms with van der Waals surface area (Å²) in [6.07, 6.45) is -0.464. The normalized spacial score (nSPS) is 9.31. The van der Waals surface area contributed by atoms with Gasteiger partial charge in [-0.15, -0.1) is 0 Å². The topological polar surface area (TPSA) is 89.9 Å². The lowest BCUT2D eigenvalue weighted by Gasteiger charge is -2.05. The molecule has 0 aromatic rings. The maximum atomic E-state index is 10.9. The van der Waals surface area contributed by atoms with E-state index in [2.05, 4.69) is 16.1 Å². The van der Waals surface area contributed by atoms with Crippen LogP contribution in [0.3, 0.4) is 0 Å². The monoisotopic (exact) mass is 230 g/mol. The van der Waals surface area contributed by atoms with Gasteiger partial charge in [0.15, 0.2) is 0 Å². The highest BCUT2D eigenvalue weighted by molar-refractivity contribution is 5.86. The number of rotatable bonds is 7. The molecule has 16 heavy (non-hydrogen) atoms. The third kappa shape index (κ3) is 7.54. The summed E-state index contributed by atoms with van der Waals surface area (Å²) >= 11 is 0. The van der Waals surface area contributed by atoms with Gasteiger partial charge in [-0.2, -0.15) is 0 Å². The predicted octanol–water partition coefficient (Wildman–Crippen LogP) is 0.514. The molecule has 6 heteroatoms. The summed E-state index contributed by atoms with van der Waals surface area (Å²) in [7, 11) is 0. The third-order valence-corrected chi connectivity index (χ3v) is 1.47. The molecule has 0 unspecified atom stereocenters. The minimum absolute atomic E-state index is 0.0650. The Morgan fingerprint density at radius 1 is 1.12 bits per heavy atom. The molecule has 0 aromatic heterocycles. The summed E-state index contributed by atoms with van der Waals surface area (Å²) in [5.41, 5.74) is 0.261. The highest BCUT2D eigenvalue weighted by Gasteiger charge is 2.07. The molecule has 0 heterocycles. The van der Waals surface area contributed by atoms with E-state index in [1.807, 2.05) is 0 Å². The summed E-state index contributed by atoms with van der Waals surface area (Å²) in [5.74, 6) is -2.25. The molecule has 90 valence electrons. The van der Waals surface area contributed by atoms with Gasteiger partial charge in [-0.3, -0.25) is 9.59 Å². The smallest absolute Gasteiger partial charge is 0.333 e. The molecule has 0 amide bonds. The second kappa shape index (κ2) is 7.44. The highest BCUT2D eigenvalue weighted by atomic mass is 16.6. The molecule has 0 rings (SSSR count). The number of hydrogen-bond acceptors (Lipinski definition) is 5. The number of esters is 2. The summed E-state index contributed by atoms with van der Waals surface area (Å²) in [6, 6.07) is 0. The Kier molecular flexibility index (Phi) is 6.58. The first-order valence-electron chi connectivity index (χ1n) is 4.63. The van der Waals surface area contributed by atoms with E-state index in [0.29, 0.717) is 0 Å².